The van der Waals surface area contributed by atoms with E-state index in [4.69, 9.17) is 0 Å². The zero-order valence-corrected chi connectivity index (χ0v) is 19.2. The Bertz CT molecular complexity index is 1200. The molecule has 1 unspecified atom stereocenters. The van der Waals surface area contributed by atoms with Gasteiger partial charge in [-0.15, -0.1) is 23.1 Å². The normalized spacial score (nSPS) is 15.8. The standard InChI is InChI=1S/C21H21N3O3S3/c1-13-10-16-11-15(6-9-19(16)24(13)30(3,26)27)20(25)23-21-22-18(12-29-21)14-4-7-17(28-2)8-5-14/h4-9,11-13H,10H2,1-3H3,(H,22,23,25). The van der Waals surface area contributed by atoms with Crippen LogP contribution in [-0.4, -0.2) is 37.9 Å². The molecule has 0 saturated heterocycles. The topological polar surface area (TPSA) is 79.4 Å². The molecule has 9 heteroatoms. The Hall–Kier alpha value is -2.36. The number of hydrogen-bond acceptors (Lipinski definition) is 6. The minimum atomic E-state index is -3.35. The van der Waals surface area contributed by atoms with E-state index in [1.165, 1.54) is 26.8 Å². The highest BCUT2D eigenvalue weighted by Gasteiger charge is 2.32. The number of thiazole rings is 1. The zero-order valence-electron chi connectivity index (χ0n) is 16.7. The second-order valence-corrected chi connectivity index (χ2v) is 10.8. The van der Waals surface area contributed by atoms with Crippen molar-refractivity contribution in [1.29, 1.82) is 0 Å². The maximum Gasteiger partial charge on any atom is 0.257 e. The number of hydrogen-bond donors (Lipinski definition) is 1. The van der Waals surface area contributed by atoms with Crippen LogP contribution in [0.5, 0.6) is 0 Å². The van der Waals surface area contributed by atoms with Crippen LogP contribution in [-0.2, 0) is 16.4 Å². The van der Waals surface area contributed by atoms with Gasteiger partial charge in [-0.3, -0.25) is 14.4 Å². The van der Waals surface area contributed by atoms with Crippen LogP contribution in [0.4, 0.5) is 10.8 Å². The first-order valence-corrected chi connectivity index (χ1v) is 13.2. The van der Waals surface area contributed by atoms with Gasteiger partial charge in [0, 0.05) is 27.4 Å². The van der Waals surface area contributed by atoms with Gasteiger partial charge in [-0.05, 0) is 55.5 Å². The van der Waals surface area contributed by atoms with Gasteiger partial charge in [0.1, 0.15) is 0 Å². The number of anilines is 2. The highest BCUT2D eigenvalue weighted by atomic mass is 32.2. The average Bonchev–Trinajstić information content (AvgIpc) is 3.30. The molecule has 1 atom stereocenters. The number of thioether (sulfide) groups is 1. The molecule has 3 aromatic rings. The number of fused-ring (bicyclic) bond motifs is 1. The van der Waals surface area contributed by atoms with Crippen molar-refractivity contribution in [3.63, 3.8) is 0 Å². The van der Waals surface area contributed by atoms with E-state index in [9.17, 15) is 13.2 Å². The first-order valence-electron chi connectivity index (χ1n) is 9.30. The molecule has 4 rings (SSSR count). The fourth-order valence-corrected chi connectivity index (χ4v) is 6.03. The Kier molecular flexibility index (Phi) is 5.61. The van der Waals surface area contributed by atoms with Crippen LogP contribution >= 0.6 is 23.1 Å². The van der Waals surface area contributed by atoms with E-state index in [-0.39, 0.29) is 11.9 Å². The number of carbonyl (C=O) groups excluding carboxylic acids is 1. The maximum atomic E-state index is 12.7. The summed E-state index contributed by atoms with van der Waals surface area (Å²) in [6.45, 7) is 1.86. The highest BCUT2D eigenvalue weighted by Crippen LogP contribution is 2.35. The summed E-state index contributed by atoms with van der Waals surface area (Å²) in [5, 5.41) is 5.29. The quantitative estimate of drug-likeness (QED) is 0.569. The van der Waals surface area contributed by atoms with E-state index in [0.29, 0.717) is 22.8 Å². The summed E-state index contributed by atoms with van der Waals surface area (Å²) in [5.74, 6) is -0.262. The lowest BCUT2D eigenvalue weighted by Crippen LogP contribution is -2.34. The lowest BCUT2D eigenvalue weighted by molar-refractivity contribution is 0.102. The molecule has 2 aromatic carbocycles. The van der Waals surface area contributed by atoms with Crippen LogP contribution in [0.2, 0.25) is 0 Å². The summed E-state index contributed by atoms with van der Waals surface area (Å²) in [6.07, 6.45) is 3.81. The van der Waals surface area contributed by atoms with Crippen molar-refractivity contribution in [2.45, 2.75) is 24.3 Å². The van der Waals surface area contributed by atoms with Crippen LogP contribution in [0.1, 0.15) is 22.8 Å². The van der Waals surface area contributed by atoms with Crippen molar-refractivity contribution in [2.75, 3.05) is 22.1 Å². The number of carbonyl (C=O) groups is 1. The van der Waals surface area contributed by atoms with Crippen LogP contribution in [0, 0.1) is 0 Å². The van der Waals surface area contributed by atoms with E-state index < -0.39 is 10.0 Å². The van der Waals surface area contributed by atoms with Crippen molar-refractivity contribution in [1.82, 2.24) is 4.98 Å². The molecule has 1 aromatic heterocycles. The lowest BCUT2D eigenvalue weighted by Gasteiger charge is -2.21. The molecular formula is C21H21N3O3S3. The Morgan fingerprint density at radius 3 is 2.63 bits per heavy atom. The van der Waals surface area contributed by atoms with Gasteiger partial charge < -0.3 is 0 Å². The Morgan fingerprint density at radius 1 is 1.23 bits per heavy atom. The number of rotatable bonds is 5. The van der Waals surface area contributed by atoms with Gasteiger partial charge in [0.2, 0.25) is 10.0 Å². The minimum Gasteiger partial charge on any atom is -0.298 e. The summed E-state index contributed by atoms with van der Waals surface area (Å²) >= 11 is 3.05. The summed E-state index contributed by atoms with van der Waals surface area (Å²) in [7, 11) is -3.35. The second kappa shape index (κ2) is 8.05. The van der Waals surface area contributed by atoms with Crippen molar-refractivity contribution in [3.05, 3.63) is 59.0 Å². The third kappa shape index (κ3) is 4.10. The van der Waals surface area contributed by atoms with E-state index in [2.05, 4.69) is 10.3 Å². The van der Waals surface area contributed by atoms with E-state index in [1.54, 1.807) is 30.0 Å². The molecule has 1 amide bonds. The molecular weight excluding hydrogens is 438 g/mol. The molecule has 1 aliphatic rings. The predicted octanol–water partition coefficient (Wildman–Crippen LogP) is 4.49. The van der Waals surface area contributed by atoms with Gasteiger partial charge in [0.25, 0.3) is 5.91 Å². The third-order valence-electron chi connectivity index (χ3n) is 4.96. The predicted molar refractivity (Wildman–Crippen MR) is 124 cm³/mol. The largest absolute Gasteiger partial charge is 0.298 e. The molecule has 6 nitrogen and oxygen atoms in total. The molecule has 30 heavy (non-hydrogen) atoms. The van der Waals surface area contributed by atoms with Gasteiger partial charge in [0.15, 0.2) is 5.13 Å². The van der Waals surface area contributed by atoms with Crippen LogP contribution in [0.3, 0.4) is 0 Å². The Labute approximate surface area is 184 Å². The number of sulfonamides is 1. The molecule has 0 bridgehead atoms. The Balaban J connectivity index is 1.51. The first-order chi connectivity index (χ1) is 14.3. The lowest BCUT2D eigenvalue weighted by atomic mass is 10.1. The highest BCUT2D eigenvalue weighted by molar-refractivity contribution is 7.98. The third-order valence-corrected chi connectivity index (χ3v) is 7.73. The Morgan fingerprint density at radius 2 is 1.97 bits per heavy atom. The molecule has 156 valence electrons. The fourth-order valence-electron chi connectivity index (χ4n) is 3.64. The number of aromatic nitrogens is 1. The van der Waals surface area contributed by atoms with Crippen LogP contribution in [0.15, 0.2) is 52.7 Å². The molecule has 0 aliphatic carbocycles. The van der Waals surface area contributed by atoms with Crippen molar-refractivity contribution in [2.24, 2.45) is 0 Å². The summed E-state index contributed by atoms with van der Waals surface area (Å²) in [4.78, 5) is 18.4. The average molecular weight is 460 g/mol. The van der Waals surface area contributed by atoms with Crippen molar-refractivity contribution in [3.8, 4) is 11.3 Å². The van der Waals surface area contributed by atoms with Crippen molar-refractivity contribution < 1.29 is 13.2 Å². The first kappa shape index (κ1) is 20.9. The van der Waals surface area contributed by atoms with Gasteiger partial charge in [0.05, 0.1) is 17.6 Å². The molecule has 0 fully saturated rings. The van der Waals surface area contributed by atoms with Gasteiger partial charge in [-0.25, -0.2) is 13.4 Å². The molecule has 1 aliphatic heterocycles. The molecule has 2 heterocycles. The fraction of sp³-hybridized carbons (Fsp3) is 0.238. The van der Waals surface area contributed by atoms with Crippen molar-refractivity contribution >= 4 is 49.8 Å². The number of nitrogens with one attached hydrogen (secondary N) is 1. The van der Waals surface area contributed by atoms with E-state index in [0.717, 1.165) is 16.8 Å². The molecule has 1 N–H and O–H groups in total. The van der Waals surface area contributed by atoms with Gasteiger partial charge in [-0.2, -0.15) is 0 Å². The van der Waals surface area contributed by atoms with Gasteiger partial charge in [-0.1, -0.05) is 12.1 Å². The molecule has 0 saturated carbocycles. The maximum absolute atomic E-state index is 12.7. The van der Waals surface area contributed by atoms with E-state index in [1.807, 2.05) is 42.8 Å². The van der Waals surface area contributed by atoms with Gasteiger partial charge >= 0.3 is 0 Å². The second-order valence-electron chi connectivity index (χ2n) is 7.18. The van der Waals surface area contributed by atoms with Crippen LogP contribution in [0.25, 0.3) is 11.3 Å². The molecule has 0 radical (unpaired) electrons. The number of benzene rings is 2. The monoisotopic (exact) mass is 459 g/mol. The summed E-state index contributed by atoms with van der Waals surface area (Å²) in [5.41, 5.74) is 3.80. The number of nitrogens with zero attached hydrogens (tertiary/aromatic N) is 2. The SMILES string of the molecule is CSc1ccc(-c2csc(NC(=O)c3ccc4c(c3)CC(C)N4S(C)(=O)=O)n2)cc1. The zero-order chi connectivity index (χ0) is 21.5. The number of amides is 1. The van der Waals surface area contributed by atoms with E-state index >= 15 is 0 Å². The van der Waals surface area contributed by atoms with Crippen LogP contribution < -0.4 is 9.62 Å². The minimum absolute atomic E-state index is 0.160. The smallest absolute Gasteiger partial charge is 0.257 e. The molecule has 0 spiro atoms. The summed E-state index contributed by atoms with van der Waals surface area (Å²) < 4.78 is 25.5. The summed E-state index contributed by atoms with van der Waals surface area (Å²) in [6, 6.07) is 13.1.